The Morgan fingerprint density at radius 2 is 1.34 bits per heavy atom. The molecule has 3 aromatic carbocycles. The number of amides is 3. The standard InChI is InChI=1S/C31H26N4O3/c1-34-18-23(21-12-5-7-14-25(21)34)27-28(31(38)33-30(27)37)24-19-35(26-15-8-6-13-22(24)26)17-9-16-32-29(36)20-10-3-2-4-11-20/h2-8,10-15,18-19H,9,16-17H2,1H3,(H,32,36)(H,33,37,38). The van der Waals surface area contributed by atoms with Gasteiger partial charge in [-0.15, -0.1) is 0 Å². The second-order valence-electron chi connectivity index (χ2n) is 9.43. The summed E-state index contributed by atoms with van der Waals surface area (Å²) in [6, 6.07) is 24.9. The summed E-state index contributed by atoms with van der Waals surface area (Å²) in [5, 5.41) is 7.31. The quantitative estimate of drug-likeness (QED) is 0.254. The van der Waals surface area contributed by atoms with Gasteiger partial charge < -0.3 is 14.5 Å². The number of nitrogens with one attached hydrogen (secondary N) is 2. The van der Waals surface area contributed by atoms with Crippen LogP contribution in [0.1, 0.15) is 27.9 Å². The van der Waals surface area contributed by atoms with Crippen molar-refractivity contribution in [3.05, 3.63) is 108 Å². The zero-order valence-corrected chi connectivity index (χ0v) is 20.9. The third-order valence-electron chi connectivity index (χ3n) is 7.05. The summed E-state index contributed by atoms with van der Waals surface area (Å²) < 4.78 is 4.06. The Kier molecular flexibility index (Phi) is 5.88. The summed E-state index contributed by atoms with van der Waals surface area (Å²) in [6.45, 7) is 1.15. The predicted molar refractivity (Wildman–Crippen MR) is 148 cm³/mol. The van der Waals surface area contributed by atoms with Crippen molar-refractivity contribution in [2.45, 2.75) is 13.0 Å². The van der Waals surface area contributed by atoms with Crippen LogP contribution in [0.4, 0.5) is 0 Å². The van der Waals surface area contributed by atoms with Crippen molar-refractivity contribution in [3.63, 3.8) is 0 Å². The van der Waals surface area contributed by atoms with Crippen LogP contribution in [0.2, 0.25) is 0 Å². The minimum atomic E-state index is -0.393. The van der Waals surface area contributed by atoms with Gasteiger partial charge in [-0.2, -0.15) is 0 Å². The number of para-hydroxylation sites is 2. The molecule has 2 N–H and O–H groups in total. The van der Waals surface area contributed by atoms with Gasteiger partial charge in [-0.3, -0.25) is 19.7 Å². The molecule has 5 aromatic rings. The van der Waals surface area contributed by atoms with Gasteiger partial charge in [-0.25, -0.2) is 0 Å². The van der Waals surface area contributed by atoms with Gasteiger partial charge in [0.2, 0.25) is 0 Å². The van der Waals surface area contributed by atoms with E-state index in [1.54, 1.807) is 12.1 Å². The molecule has 3 amide bonds. The number of hydrogen-bond acceptors (Lipinski definition) is 3. The van der Waals surface area contributed by atoms with Crippen LogP contribution >= 0.6 is 0 Å². The molecule has 0 fully saturated rings. The summed E-state index contributed by atoms with van der Waals surface area (Å²) >= 11 is 0. The van der Waals surface area contributed by atoms with Gasteiger partial charge >= 0.3 is 0 Å². The SMILES string of the molecule is Cn1cc(C2=C(c3cn(CCCNC(=O)c4ccccc4)c4ccccc34)C(=O)NC2=O)c2ccccc21. The molecule has 0 bridgehead atoms. The fourth-order valence-corrected chi connectivity index (χ4v) is 5.28. The van der Waals surface area contributed by atoms with Crippen LogP contribution in [0.3, 0.4) is 0 Å². The fraction of sp³-hybridized carbons (Fsp3) is 0.129. The topological polar surface area (TPSA) is 85.1 Å². The van der Waals surface area contributed by atoms with Crippen LogP contribution in [0.15, 0.2) is 91.3 Å². The van der Waals surface area contributed by atoms with Crippen LogP contribution in [0.5, 0.6) is 0 Å². The van der Waals surface area contributed by atoms with Crippen LogP contribution in [0.25, 0.3) is 33.0 Å². The highest BCUT2D eigenvalue weighted by molar-refractivity contribution is 6.50. The molecule has 0 aliphatic carbocycles. The molecule has 0 spiro atoms. The van der Waals surface area contributed by atoms with E-state index >= 15 is 0 Å². The number of aromatic nitrogens is 2. The second-order valence-corrected chi connectivity index (χ2v) is 9.43. The highest BCUT2D eigenvalue weighted by atomic mass is 16.2. The lowest BCUT2D eigenvalue weighted by atomic mass is 9.95. The second kappa shape index (κ2) is 9.52. The minimum Gasteiger partial charge on any atom is -0.352 e. The lowest BCUT2D eigenvalue weighted by Gasteiger charge is -2.07. The van der Waals surface area contributed by atoms with E-state index in [2.05, 4.69) is 15.2 Å². The van der Waals surface area contributed by atoms with E-state index in [1.807, 2.05) is 90.7 Å². The Labute approximate surface area is 219 Å². The number of imide groups is 1. The van der Waals surface area contributed by atoms with Crippen molar-refractivity contribution in [1.29, 1.82) is 0 Å². The molecule has 0 radical (unpaired) electrons. The third-order valence-corrected chi connectivity index (χ3v) is 7.05. The Balaban J connectivity index is 1.35. The van der Waals surface area contributed by atoms with E-state index in [-0.39, 0.29) is 11.8 Å². The zero-order valence-electron chi connectivity index (χ0n) is 20.9. The number of carbonyl (C=O) groups is 3. The van der Waals surface area contributed by atoms with E-state index < -0.39 is 5.91 Å². The fourth-order valence-electron chi connectivity index (χ4n) is 5.28. The van der Waals surface area contributed by atoms with E-state index in [4.69, 9.17) is 0 Å². The van der Waals surface area contributed by atoms with Gasteiger partial charge in [-0.05, 0) is 30.7 Å². The highest BCUT2D eigenvalue weighted by Crippen LogP contribution is 2.38. The maximum absolute atomic E-state index is 13.2. The van der Waals surface area contributed by atoms with Gasteiger partial charge in [0.25, 0.3) is 17.7 Å². The molecule has 3 heterocycles. The molecule has 0 saturated heterocycles. The van der Waals surface area contributed by atoms with E-state index in [1.165, 1.54) is 0 Å². The smallest absolute Gasteiger partial charge is 0.259 e. The van der Waals surface area contributed by atoms with E-state index in [9.17, 15) is 14.4 Å². The number of benzene rings is 3. The molecule has 7 heteroatoms. The van der Waals surface area contributed by atoms with Crippen molar-refractivity contribution in [2.24, 2.45) is 7.05 Å². The number of hydrogen-bond donors (Lipinski definition) is 2. The van der Waals surface area contributed by atoms with Gasteiger partial charge in [0.15, 0.2) is 0 Å². The summed E-state index contributed by atoms with van der Waals surface area (Å²) in [5.41, 5.74) is 4.83. The molecule has 0 atom stereocenters. The number of nitrogens with zero attached hydrogens (tertiary/aromatic N) is 2. The Hall–Kier alpha value is -4.91. The molecule has 188 valence electrons. The normalized spacial score (nSPS) is 13.5. The highest BCUT2D eigenvalue weighted by Gasteiger charge is 2.35. The maximum atomic E-state index is 13.2. The van der Waals surface area contributed by atoms with Gasteiger partial charge in [0.1, 0.15) is 0 Å². The average molecular weight is 503 g/mol. The Morgan fingerprint density at radius 1 is 0.763 bits per heavy atom. The lowest BCUT2D eigenvalue weighted by molar-refractivity contribution is -0.122. The first kappa shape index (κ1) is 23.5. The van der Waals surface area contributed by atoms with Crippen LogP contribution in [-0.2, 0) is 23.2 Å². The summed E-state index contributed by atoms with van der Waals surface area (Å²) in [6.07, 6.45) is 4.56. The molecular weight excluding hydrogens is 476 g/mol. The average Bonchev–Trinajstić information content (AvgIpc) is 3.57. The largest absolute Gasteiger partial charge is 0.352 e. The van der Waals surface area contributed by atoms with Crippen molar-refractivity contribution in [3.8, 4) is 0 Å². The lowest BCUT2D eigenvalue weighted by Crippen LogP contribution is -2.25. The molecule has 0 saturated carbocycles. The van der Waals surface area contributed by atoms with Gasteiger partial charge in [0.05, 0.1) is 11.1 Å². The molecule has 1 aliphatic heterocycles. The van der Waals surface area contributed by atoms with Crippen molar-refractivity contribution < 1.29 is 14.4 Å². The third kappa shape index (κ3) is 3.98. The van der Waals surface area contributed by atoms with E-state index in [0.717, 1.165) is 32.9 Å². The van der Waals surface area contributed by atoms with Crippen molar-refractivity contribution in [1.82, 2.24) is 19.8 Å². The molecular formula is C31H26N4O3. The molecule has 7 nitrogen and oxygen atoms in total. The first-order chi connectivity index (χ1) is 18.5. The molecule has 0 unspecified atom stereocenters. The molecule has 2 aromatic heterocycles. The van der Waals surface area contributed by atoms with Gasteiger partial charge in [0, 0.05) is 71.0 Å². The minimum absolute atomic E-state index is 0.102. The van der Waals surface area contributed by atoms with Crippen LogP contribution < -0.4 is 10.6 Å². The summed E-state index contributed by atoms with van der Waals surface area (Å²) in [4.78, 5) is 38.7. The number of fused-ring (bicyclic) bond motifs is 2. The molecule has 1 aliphatic rings. The number of carbonyl (C=O) groups excluding carboxylic acids is 3. The first-order valence-electron chi connectivity index (χ1n) is 12.6. The van der Waals surface area contributed by atoms with Crippen LogP contribution in [0, 0.1) is 0 Å². The van der Waals surface area contributed by atoms with E-state index in [0.29, 0.717) is 36.2 Å². The molecule has 6 rings (SSSR count). The van der Waals surface area contributed by atoms with Crippen LogP contribution in [-0.4, -0.2) is 33.4 Å². The summed E-state index contributed by atoms with van der Waals surface area (Å²) in [7, 11) is 1.93. The Bertz CT molecular complexity index is 1760. The Morgan fingerprint density at radius 3 is 2.05 bits per heavy atom. The molecule has 38 heavy (non-hydrogen) atoms. The van der Waals surface area contributed by atoms with Crippen molar-refractivity contribution >= 4 is 50.7 Å². The number of aryl methyl sites for hydroxylation is 2. The van der Waals surface area contributed by atoms with Crippen molar-refractivity contribution in [2.75, 3.05) is 6.54 Å². The predicted octanol–water partition coefficient (Wildman–Crippen LogP) is 4.52. The maximum Gasteiger partial charge on any atom is 0.259 e. The summed E-state index contributed by atoms with van der Waals surface area (Å²) in [5.74, 6) is -0.882. The number of rotatable bonds is 7. The monoisotopic (exact) mass is 502 g/mol. The zero-order chi connectivity index (χ0) is 26.2. The van der Waals surface area contributed by atoms with Gasteiger partial charge in [-0.1, -0.05) is 54.6 Å². The first-order valence-corrected chi connectivity index (χ1v) is 12.6.